The molecule has 0 saturated heterocycles. The quantitative estimate of drug-likeness (QED) is 0.283. The number of aromatic nitrogens is 3. The van der Waals surface area contributed by atoms with Crippen molar-refractivity contribution in [3.8, 4) is 17.3 Å². The number of rotatable bonds is 4. The highest BCUT2D eigenvalue weighted by Crippen LogP contribution is 2.39. The van der Waals surface area contributed by atoms with E-state index in [0.29, 0.717) is 17.3 Å². The van der Waals surface area contributed by atoms with Crippen LogP contribution in [0.5, 0.6) is 5.75 Å². The molecule has 2 amide bonds. The van der Waals surface area contributed by atoms with Crippen LogP contribution in [-0.2, 0) is 6.54 Å². The van der Waals surface area contributed by atoms with Crippen molar-refractivity contribution >= 4 is 23.3 Å². The molecule has 38 heavy (non-hydrogen) atoms. The fourth-order valence-electron chi connectivity index (χ4n) is 5.07. The number of hydrogen-bond donors (Lipinski definition) is 1. The number of ether oxygens (including phenoxy) is 1. The standard InChI is InChI=1S/C30H26ClN5O2/c1-20-26-19-35(30(37)32-23-11-7-10-22(31)18-23)28(21-9-6-14-25(17-21)38-2)27-15-8-16-34(27)29(26)36(33-20)24-12-4-3-5-13-24/h3-18,28H,19H2,1-2H3,(H,32,37)/t28-/m0/s1. The number of carbonyl (C=O) groups excluding carboxylic acids is 1. The van der Waals surface area contributed by atoms with E-state index in [1.54, 1.807) is 19.2 Å². The Morgan fingerprint density at radius 1 is 1.00 bits per heavy atom. The number of halogens is 1. The normalized spacial score (nSPS) is 14.4. The molecule has 1 N–H and O–H groups in total. The molecular weight excluding hydrogens is 498 g/mol. The summed E-state index contributed by atoms with van der Waals surface area (Å²) in [5.41, 5.74) is 5.28. The molecule has 1 aliphatic heterocycles. The van der Waals surface area contributed by atoms with Crippen LogP contribution in [-0.4, -0.2) is 32.4 Å². The van der Waals surface area contributed by atoms with Crippen LogP contribution >= 0.6 is 11.6 Å². The van der Waals surface area contributed by atoms with Crippen molar-refractivity contribution in [2.45, 2.75) is 19.5 Å². The summed E-state index contributed by atoms with van der Waals surface area (Å²) in [7, 11) is 1.65. The van der Waals surface area contributed by atoms with E-state index >= 15 is 0 Å². The summed E-state index contributed by atoms with van der Waals surface area (Å²) < 4.78 is 9.63. The molecule has 0 fully saturated rings. The Balaban J connectivity index is 1.54. The number of amides is 2. The van der Waals surface area contributed by atoms with Gasteiger partial charge >= 0.3 is 6.03 Å². The lowest BCUT2D eigenvalue weighted by Crippen LogP contribution is -2.38. The van der Waals surface area contributed by atoms with E-state index in [1.165, 1.54) is 0 Å². The zero-order valence-electron chi connectivity index (χ0n) is 21.0. The zero-order valence-corrected chi connectivity index (χ0v) is 21.8. The van der Waals surface area contributed by atoms with Gasteiger partial charge in [0.1, 0.15) is 11.6 Å². The molecule has 0 aliphatic carbocycles. The van der Waals surface area contributed by atoms with Gasteiger partial charge in [-0.2, -0.15) is 5.10 Å². The lowest BCUT2D eigenvalue weighted by molar-refractivity contribution is 0.194. The Morgan fingerprint density at radius 2 is 1.82 bits per heavy atom. The maximum Gasteiger partial charge on any atom is 0.322 e. The molecule has 7 nitrogen and oxygen atoms in total. The number of nitrogens with zero attached hydrogens (tertiary/aromatic N) is 4. The smallest absolute Gasteiger partial charge is 0.322 e. The van der Waals surface area contributed by atoms with Gasteiger partial charge in [-0.15, -0.1) is 0 Å². The molecule has 0 spiro atoms. The van der Waals surface area contributed by atoms with Gasteiger partial charge in [-0.1, -0.05) is 48.0 Å². The molecule has 190 valence electrons. The number of benzene rings is 3. The highest BCUT2D eigenvalue weighted by Gasteiger charge is 2.36. The Morgan fingerprint density at radius 3 is 2.61 bits per heavy atom. The predicted molar refractivity (Wildman–Crippen MR) is 148 cm³/mol. The minimum atomic E-state index is -0.393. The molecule has 0 saturated carbocycles. The van der Waals surface area contributed by atoms with E-state index in [1.807, 2.05) is 95.5 Å². The average Bonchev–Trinajstić information content (AvgIpc) is 3.49. The minimum absolute atomic E-state index is 0.243. The summed E-state index contributed by atoms with van der Waals surface area (Å²) in [6, 6.07) is 28.5. The Labute approximate surface area is 225 Å². The monoisotopic (exact) mass is 523 g/mol. The summed E-state index contributed by atoms with van der Waals surface area (Å²) >= 11 is 6.21. The maximum atomic E-state index is 14.0. The molecule has 8 heteroatoms. The van der Waals surface area contributed by atoms with E-state index in [-0.39, 0.29) is 6.03 Å². The van der Waals surface area contributed by atoms with Crippen LogP contribution in [0.4, 0.5) is 10.5 Å². The topological polar surface area (TPSA) is 64.3 Å². The summed E-state index contributed by atoms with van der Waals surface area (Å²) in [6.45, 7) is 2.34. The highest BCUT2D eigenvalue weighted by atomic mass is 35.5. The number of para-hydroxylation sites is 1. The van der Waals surface area contributed by atoms with Crippen LogP contribution in [0.15, 0.2) is 97.2 Å². The highest BCUT2D eigenvalue weighted by molar-refractivity contribution is 6.30. The Bertz CT molecular complexity index is 1620. The third-order valence-corrected chi connectivity index (χ3v) is 7.07. The number of fused-ring (bicyclic) bond motifs is 3. The summed E-state index contributed by atoms with van der Waals surface area (Å²) in [5.74, 6) is 1.64. The molecule has 0 unspecified atom stereocenters. The van der Waals surface area contributed by atoms with Crippen LogP contribution in [0, 0.1) is 6.92 Å². The van der Waals surface area contributed by atoms with E-state index < -0.39 is 6.04 Å². The van der Waals surface area contributed by atoms with Gasteiger partial charge in [-0.25, -0.2) is 9.48 Å². The van der Waals surface area contributed by atoms with E-state index in [0.717, 1.165) is 39.8 Å². The van der Waals surface area contributed by atoms with Crippen LogP contribution in [0.1, 0.15) is 28.6 Å². The number of anilines is 1. The largest absolute Gasteiger partial charge is 0.497 e. The Kier molecular flexibility index (Phi) is 6.13. The van der Waals surface area contributed by atoms with E-state index in [9.17, 15) is 4.79 Å². The van der Waals surface area contributed by atoms with Crippen LogP contribution < -0.4 is 10.1 Å². The number of methoxy groups -OCH3 is 1. The van der Waals surface area contributed by atoms with Crippen molar-refractivity contribution in [3.05, 3.63) is 125 Å². The van der Waals surface area contributed by atoms with Gasteiger partial charge in [0.2, 0.25) is 0 Å². The predicted octanol–water partition coefficient (Wildman–Crippen LogP) is 6.77. The second kappa shape index (κ2) is 9.76. The fraction of sp³-hybridized carbons (Fsp3) is 0.133. The first-order valence-electron chi connectivity index (χ1n) is 12.3. The van der Waals surface area contributed by atoms with Crippen LogP contribution in [0.25, 0.3) is 11.5 Å². The fourth-order valence-corrected chi connectivity index (χ4v) is 5.26. The summed E-state index contributed by atoms with van der Waals surface area (Å²) in [4.78, 5) is 15.8. The number of aryl methyl sites for hydroxylation is 1. The summed E-state index contributed by atoms with van der Waals surface area (Å²) in [5, 5.41) is 8.51. The van der Waals surface area contributed by atoms with Crippen molar-refractivity contribution < 1.29 is 9.53 Å². The van der Waals surface area contributed by atoms with E-state index in [4.69, 9.17) is 21.4 Å². The van der Waals surface area contributed by atoms with E-state index in [2.05, 4.69) is 16.0 Å². The Hall–Kier alpha value is -4.49. The molecule has 0 bridgehead atoms. The van der Waals surface area contributed by atoms with Crippen molar-refractivity contribution in [3.63, 3.8) is 0 Å². The SMILES string of the molecule is COc1cccc([C@H]2c3cccn3-c3c(c(C)nn3-c3ccccc3)CN2C(=O)Nc2cccc(Cl)c2)c1. The second-order valence-electron chi connectivity index (χ2n) is 9.19. The maximum absolute atomic E-state index is 14.0. The molecule has 3 aromatic carbocycles. The van der Waals surface area contributed by atoms with Crippen LogP contribution in [0.3, 0.4) is 0 Å². The number of carbonyl (C=O) groups is 1. The summed E-state index contributed by atoms with van der Waals surface area (Å²) in [6.07, 6.45) is 2.03. The number of urea groups is 1. The first-order valence-corrected chi connectivity index (χ1v) is 12.7. The van der Waals surface area contributed by atoms with Gasteiger partial charge in [-0.3, -0.25) is 0 Å². The van der Waals surface area contributed by atoms with Gasteiger partial charge in [0.05, 0.1) is 36.8 Å². The molecule has 5 aromatic rings. The molecular formula is C30H26ClN5O2. The van der Waals surface area contributed by atoms with Gasteiger partial charge in [0, 0.05) is 22.5 Å². The van der Waals surface area contributed by atoms with Gasteiger partial charge in [-0.05, 0) is 67.1 Å². The second-order valence-corrected chi connectivity index (χ2v) is 9.62. The number of hydrogen-bond acceptors (Lipinski definition) is 3. The van der Waals surface area contributed by atoms with Crippen LogP contribution in [0.2, 0.25) is 5.02 Å². The third-order valence-electron chi connectivity index (χ3n) is 6.83. The van der Waals surface area contributed by atoms with Crippen molar-refractivity contribution in [2.24, 2.45) is 0 Å². The van der Waals surface area contributed by atoms with Gasteiger partial charge < -0.3 is 19.5 Å². The molecule has 3 heterocycles. The first-order chi connectivity index (χ1) is 18.5. The number of nitrogens with one attached hydrogen (secondary N) is 1. The molecule has 1 aliphatic rings. The van der Waals surface area contributed by atoms with Crippen molar-refractivity contribution in [1.82, 2.24) is 19.2 Å². The molecule has 1 atom stereocenters. The van der Waals surface area contributed by atoms with Gasteiger partial charge in [0.15, 0.2) is 0 Å². The molecule has 0 radical (unpaired) electrons. The van der Waals surface area contributed by atoms with Gasteiger partial charge in [0.25, 0.3) is 0 Å². The lowest BCUT2D eigenvalue weighted by Gasteiger charge is -2.31. The van der Waals surface area contributed by atoms with Crippen molar-refractivity contribution in [1.29, 1.82) is 0 Å². The zero-order chi connectivity index (χ0) is 26.2. The molecule has 6 rings (SSSR count). The van der Waals surface area contributed by atoms with Crippen molar-refractivity contribution in [2.75, 3.05) is 12.4 Å². The first kappa shape index (κ1) is 23.9. The lowest BCUT2D eigenvalue weighted by atomic mass is 10.0. The average molecular weight is 524 g/mol. The molecule has 2 aromatic heterocycles. The minimum Gasteiger partial charge on any atom is -0.497 e. The third kappa shape index (κ3) is 4.21.